The predicted octanol–water partition coefficient (Wildman–Crippen LogP) is 5.73. The van der Waals surface area contributed by atoms with E-state index >= 15 is 0 Å². The van der Waals surface area contributed by atoms with Gasteiger partial charge in [-0.2, -0.15) is 0 Å². The van der Waals surface area contributed by atoms with Crippen molar-refractivity contribution in [3.05, 3.63) is 90.6 Å². The Hall–Kier alpha value is -4.12. The number of esters is 1. The zero-order chi connectivity index (χ0) is 21.4. The minimum absolute atomic E-state index is 0.0795. The Kier molecular flexibility index (Phi) is 4.64. The molecule has 0 aliphatic carbocycles. The second-order valence-electron chi connectivity index (χ2n) is 7.16. The van der Waals surface area contributed by atoms with Crippen molar-refractivity contribution < 1.29 is 14.6 Å². The van der Waals surface area contributed by atoms with Gasteiger partial charge in [0.25, 0.3) is 0 Å². The van der Waals surface area contributed by atoms with Gasteiger partial charge in [-0.25, -0.2) is 9.78 Å². The van der Waals surface area contributed by atoms with E-state index in [0.717, 1.165) is 27.7 Å². The first kappa shape index (κ1) is 18.9. The first-order valence-corrected chi connectivity index (χ1v) is 10.1. The van der Waals surface area contributed by atoms with Crippen LogP contribution in [0.5, 0.6) is 5.75 Å². The molecule has 152 valence electrons. The van der Waals surface area contributed by atoms with E-state index in [2.05, 4.69) is 9.55 Å². The monoisotopic (exact) mass is 408 g/mol. The van der Waals surface area contributed by atoms with E-state index in [0.29, 0.717) is 11.1 Å². The molecule has 0 atom stereocenters. The lowest BCUT2D eigenvalue weighted by molar-refractivity contribution is 0.0516. The number of ether oxygens (including phenoxy) is 1. The molecule has 5 rings (SSSR count). The maximum Gasteiger partial charge on any atom is 0.360 e. The number of nitrogens with zero attached hydrogens (tertiary/aromatic N) is 2. The van der Waals surface area contributed by atoms with Crippen molar-refractivity contribution >= 4 is 27.8 Å². The van der Waals surface area contributed by atoms with E-state index < -0.39 is 5.97 Å². The molecule has 0 aliphatic heterocycles. The average Bonchev–Trinajstić information content (AvgIpc) is 3.16. The van der Waals surface area contributed by atoms with Crippen molar-refractivity contribution in [3.63, 3.8) is 0 Å². The van der Waals surface area contributed by atoms with Gasteiger partial charge in [0.2, 0.25) is 0 Å². The van der Waals surface area contributed by atoms with Gasteiger partial charge >= 0.3 is 5.97 Å². The van der Waals surface area contributed by atoms with Crippen LogP contribution in [0.3, 0.4) is 0 Å². The Morgan fingerprint density at radius 3 is 2.29 bits per heavy atom. The fraction of sp³-hybridized carbons (Fsp3) is 0.0769. The highest BCUT2D eigenvalue weighted by Gasteiger charge is 2.26. The summed E-state index contributed by atoms with van der Waals surface area (Å²) in [4.78, 5) is 17.3. The number of rotatable bonds is 4. The van der Waals surface area contributed by atoms with E-state index in [4.69, 9.17) is 4.74 Å². The Balaban J connectivity index is 2.00. The third kappa shape index (κ3) is 3.02. The maximum atomic E-state index is 12.7. The molecule has 2 heterocycles. The molecule has 0 fully saturated rings. The number of benzene rings is 3. The quantitative estimate of drug-likeness (QED) is 0.386. The van der Waals surface area contributed by atoms with E-state index in [-0.39, 0.29) is 18.1 Å². The number of para-hydroxylation sites is 2. The topological polar surface area (TPSA) is 64.3 Å². The summed E-state index contributed by atoms with van der Waals surface area (Å²) < 4.78 is 7.26. The smallest absolute Gasteiger partial charge is 0.360 e. The first-order valence-electron chi connectivity index (χ1n) is 10.1. The first-order chi connectivity index (χ1) is 15.2. The second kappa shape index (κ2) is 7.61. The molecule has 0 unspecified atom stereocenters. The lowest BCUT2D eigenvalue weighted by Gasteiger charge is -2.13. The maximum absolute atomic E-state index is 12.7. The average molecular weight is 408 g/mol. The number of fused-ring (bicyclic) bond motifs is 3. The highest BCUT2D eigenvalue weighted by molar-refractivity contribution is 6.18. The van der Waals surface area contributed by atoms with Gasteiger partial charge in [-0.05, 0) is 25.1 Å². The molecule has 3 aromatic carbocycles. The molecular weight excluding hydrogens is 388 g/mol. The van der Waals surface area contributed by atoms with Crippen LogP contribution < -0.4 is 0 Å². The highest BCUT2D eigenvalue weighted by Crippen LogP contribution is 2.42. The van der Waals surface area contributed by atoms with Crippen LogP contribution in [0.15, 0.2) is 84.9 Å². The summed E-state index contributed by atoms with van der Waals surface area (Å²) in [5, 5.41) is 12.6. The van der Waals surface area contributed by atoms with Crippen LogP contribution in [0, 0.1) is 0 Å². The van der Waals surface area contributed by atoms with Gasteiger partial charge in [0.05, 0.1) is 28.7 Å². The number of aromatic nitrogens is 2. The molecule has 1 N–H and O–H groups in total. The van der Waals surface area contributed by atoms with Crippen LogP contribution >= 0.6 is 0 Å². The number of carbonyl (C=O) groups is 1. The van der Waals surface area contributed by atoms with Crippen molar-refractivity contribution in [1.29, 1.82) is 0 Å². The SMILES string of the molecule is CCOC(=O)c1nc(-c2ccccc2)c2c(c1O)c1ccccc1n2-c1ccccc1. The van der Waals surface area contributed by atoms with Gasteiger partial charge in [0.1, 0.15) is 0 Å². The summed E-state index contributed by atoms with van der Waals surface area (Å²) in [7, 11) is 0. The van der Waals surface area contributed by atoms with Crippen molar-refractivity contribution in [1.82, 2.24) is 9.55 Å². The third-order valence-corrected chi connectivity index (χ3v) is 5.31. The van der Waals surface area contributed by atoms with Gasteiger partial charge in [-0.15, -0.1) is 0 Å². The molecule has 0 saturated heterocycles. The minimum atomic E-state index is -0.643. The summed E-state index contributed by atoms with van der Waals surface area (Å²) >= 11 is 0. The highest BCUT2D eigenvalue weighted by atomic mass is 16.5. The third-order valence-electron chi connectivity index (χ3n) is 5.31. The predicted molar refractivity (Wildman–Crippen MR) is 122 cm³/mol. The Morgan fingerprint density at radius 2 is 1.58 bits per heavy atom. The van der Waals surface area contributed by atoms with Crippen LogP contribution in [0.4, 0.5) is 0 Å². The van der Waals surface area contributed by atoms with Crippen molar-refractivity contribution in [2.45, 2.75) is 6.92 Å². The molecule has 0 amide bonds. The van der Waals surface area contributed by atoms with E-state index in [9.17, 15) is 9.90 Å². The van der Waals surface area contributed by atoms with Crippen LogP contribution in [0.25, 0.3) is 38.8 Å². The van der Waals surface area contributed by atoms with Gasteiger partial charge in [0.15, 0.2) is 11.4 Å². The van der Waals surface area contributed by atoms with Gasteiger partial charge in [-0.3, -0.25) is 0 Å². The Bertz CT molecular complexity index is 1410. The van der Waals surface area contributed by atoms with Gasteiger partial charge < -0.3 is 14.4 Å². The Labute approximate surface area is 179 Å². The largest absolute Gasteiger partial charge is 0.505 e. The molecule has 0 spiro atoms. The zero-order valence-electron chi connectivity index (χ0n) is 16.9. The normalized spacial score (nSPS) is 11.1. The van der Waals surface area contributed by atoms with Crippen LogP contribution in [-0.4, -0.2) is 27.2 Å². The molecule has 2 aromatic heterocycles. The van der Waals surface area contributed by atoms with Crippen molar-refractivity contribution in [3.8, 4) is 22.7 Å². The van der Waals surface area contributed by atoms with Crippen LogP contribution in [0.1, 0.15) is 17.4 Å². The van der Waals surface area contributed by atoms with Gasteiger partial charge in [0, 0.05) is 16.6 Å². The van der Waals surface area contributed by atoms with E-state index in [1.807, 2.05) is 84.9 Å². The molecule has 0 aliphatic rings. The standard InChI is InChI=1S/C26H20N2O3/c1-2-31-26(30)23-25(29)21-19-15-9-10-16-20(19)28(18-13-7-4-8-14-18)24(21)22(27-23)17-11-5-3-6-12-17/h3-16,29H,2H2,1H3. The lowest BCUT2D eigenvalue weighted by atomic mass is 10.1. The summed E-state index contributed by atoms with van der Waals surface area (Å²) in [5.41, 5.74) is 3.97. The number of carbonyl (C=O) groups excluding carboxylic acids is 1. The zero-order valence-corrected chi connectivity index (χ0v) is 16.9. The summed E-state index contributed by atoms with van der Waals surface area (Å²) in [6.45, 7) is 1.93. The van der Waals surface area contributed by atoms with E-state index in [1.54, 1.807) is 6.92 Å². The van der Waals surface area contributed by atoms with Crippen molar-refractivity contribution in [2.24, 2.45) is 0 Å². The number of hydrogen-bond donors (Lipinski definition) is 1. The number of aromatic hydroxyl groups is 1. The second-order valence-corrected chi connectivity index (χ2v) is 7.16. The lowest BCUT2D eigenvalue weighted by Crippen LogP contribution is -2.09. The fourth-order valence-corrected chi connectivity index (χ4v) is 4.02. The molecule has 31 heavy (non-hydrogen) atoms. The van der Waals surface area contributed by atoms with Crippen LogP contribution in [-0.2, 0) is 4.74 Å². The molecule has 5 nitrogen and oxygen atoms in total. The summed E-state index contributed by atoms with van der Waals surface area (Å²) in [6, 6.07) is 27.4. The Morgan fingerprint density at radius 1 is 0.935 bits per heavy atom. The minimum Gasteiger partial charge on any atom is -0.505 e. The van der Waals surface area contributed by atoms with Crippen LogP contribution in [0.2, 0.25) is 0 Å². The fourth-order valence-electron chi connectivity index (χ4n) is 4.02. The molecule has 0 radical (unpaired) electrons. The van der Waals surface area contributed by atoms with E-state index in [1.165, 1.54) is 0 Å². The molecule has 5 aromatic rings. The van der Waals surface area contributed by atoms with Gasteiger partial charge in [-0.1, -0.05) is 66.7 Å². The molecule has 5 heteroatoms. The number of pyridine rings is 1. The summed E-state index contributed by atoms with van der Waals surface area (Å²) in [5.74, 6) is -0.811. The van der Waals surface area contributed by atoms with Crippen molar-refractivity contribution in [2.75, 3.05) is 6.61 Å². The number of hydrogen-bond acceptors (Lipinski definition) is 4. The summed E-state index contributed by atoms with van der Waals surface area (Å²) in [6.07, 6.45) is 0. The molecule has 0 bridgehead atoms. The molecular formula is C26H20N2O3. The molecule has 0 saturated carbocycles.